The van der Waals surface area contributed by atoms with Gasteiger partial charge in [0.1, 0.15) is 5.75 Å². The molecular weight excluding hydrogens is 266 g/mol. The van der Waals surface area contributed by atoms with E-state index in [1.807, 2.05) is 41.4 Å². The number of rotatable bonds is 3. The topological polar surface area (TPSA) is 70.9 Å². The number of fused-ring (bicyclic) bond motifs is 1. The third kappa shape index (κ3) is 2.12. The minimum atomic E-state index is 0.501. The van der Waals surface area contributed by atoms with Crippen molar-refractivity contribution in [3.8, 4) is 5.75 Å². The van der Waals surface area contributed by atoms with Crippen LogP contribution in [0.3, 0.4) is 0 Å². The molecule has 2 N–H and O–H groups in total. The summed E-state index contributed by atoms with van der Waals surface area (Å²) in [5.41, 5.74) is 11.3. The highest BCUT2D eigenvalue weighted by atomic mass is 16.5. The van der Waals surface area contributed by atoms with E-state index in [9.17, 15) is 0 Å². The van der Waals surface area contributed by atoms with Crippen LogP contribution in [0.1, 0.15) is 17.0 Å². The van der Waals surface area contributed by atoms with Crippen molar-refractivity contribution in [1.29, 1.82) is 0 Å². The average Bonchev–Trinajstić information content (AvgIpc) is 2.89. The fourth-order valence-corrected chi connectivity index (χ4v) is 2.63. The maximum atomic E-state index is 6.08. The molecule has 3 rings (SSSR count). The molecule has 1 aromatic carbocycles. The van der Waals surface area contributed by atoms with Gasteiger partial charge in [-0.2, -0.15) is 5.10 Å². The largest absolute Gasteiger partial charge is 0.497 e. The number of nitrogens with two attached hydrogens (primary N) is 1. The van der Waals surface area contributed by atoms with Gasteiger partial charge in [0.15, 0.2) is 0 Å². The Labute approximate surface area is 123 Å². The summed E-state index contributed by atoms with van der Waals surface area (Å²) in [5, 5.41) is 4.45. The van der Waals surface area contributed by atoms with Gasteiger partial charge < -0.3 is 15.0 Å². The minimum Gasteiger partial charge on any atom is -0.497 e. The van der Waals surface area contributed by atoms with Gasteiger partial charge in [-0.25, -0.2) is 4.98 Å². The smallest absolute Gasteiger partial charge is 0.201 e. The van der Waals surface area contributed by atoms with E-state index in [2.05, 4.69) is 17.0 Å². The van der Waals surface area contributed by atoms with E-state index in [0.717, 1.165) is 28.2 Å². The number of nitrogens with zero attached hydrogens (tertiary/aromatic N) is 4. The Hall–Kier alpha value is -2.50. The van der Waals surface area contributed by atoms with E-state index in [-0.39, 0.29) is 0 Å². The van der Waals surface area contributed by atoms with Crippen molar-refractivity contribution >= 4 is 17.0 Å². The van der Waals surface area contributed by atoms with Gasteiger partial charge in [0.05, 0.1) is 30.4 Å². The maximum absolute atomic E-state index is 6.08. The van der Waals surface area contributed by atoms with Gasteiger partial charge in [-0.05, 0) is 26.0 Å². The molecule has 0 spiro atoms. The van der Waals surface area contributed by atoms with E-state index in [1.165, 1.54) is 5.56 Å². The highest BCUT2D eigenvalue weighted by Crippen LogP contribution is 2.25. The van der Waals surface area contributed by atoms with Gasteiger partial charge in [0, 0.05) is 24.4 Å². The number of hydrogen-bond acceptors (Lipinski definition) is 4. The first-order chi connectivity index (χ1) is 10.0. The second kappa shape index (κ2) is 4.80. The van der Waals surface area contributed by atoms with Gasteiger partial charge >= 0.3 is 0 Å². The van der Waals surface area contributed by atoms with Crippen molar-refractivity contribution in [3.05, 3.63) is 35.2 Å². The zero-order chi connectivity index (χ0) is 15.1. The Balaban J connectivity index is 2.10. The number of aryl methyl sites for hydroxylation is 2. The summed E-state index contributed by atoms with van der Waals surface area (Å²) in [5.74, 6) is 1.28. The number of nitrogen functional groups attached to an aromatic ring is 1. The lowest BCUT2D eigenvalue weighted by atomic mass is 10.2. The molecule has 6 nitrogen and oxygen atoms in total. The van der Waals surface area contributed by atoms with Crippen molar-refractivity contribution in [1.82, 2.24) is 19.3 Å². The number of hydrogen-bond donors (Lipinski definition) is 1. The Morgan fingerprint density at radius 2 is 2.05 bits per heavy atom. The van der Waals surface area contributed by atoms with Crippen LogP contribution in [-0.4, -0.2) is 26.4 Å². The van der Waals surface area contributed by atoms with Crippen LogP contribution in [0.15, 0.2) is 18.2 Å². The van der Waals surface area contributed by atoms with Crippen LogP contribution in [0, 0.1) is 13.8 Å². The first kappa shape index (κ1) is 13.5. The van der Waals surface area contributed by atoms with Crippen molar-refractivity contribution in [2.45, 2.75) is 20.4 Å². The number of imidazole rings is 1. The van der Waals surface area contributed by atoms with Crippen LogP contribution in [0.4, 0.5) is 5.95 Å². The lowest BCUT2D eigenvalue weighted by Gasteiger charge is -2.07. The number of anilines is 1. The summed E-state index contributed by atoms with van der Waals surface area (Å²) in [6, 6.07) is 5.80. The Morgan fingerprint density at radius 3 is 2.67 bits per heavy atom. The molecule has 110 valence electrons. The van der Waals surface area contributed by atoms with Crippen LogP contribution < -0.4 is 10.5 Å². The molecule has 0 amide bonds. The molecule has 0 bridgehead atoms. The zero-order valence-corrected chi connectivity index (χ0v) is 12.7. The van der Waals surface area contributed by atoms with Gasteiger partial charge in [-0.1, -0.05) is 0 Å². The first-order valence-corrected chi connectivity index (χ1v) is 6.80. The third-order valence-electron chi connectivity index (χ3n) is 3.96. The van der Waals surface area contributed by atoms with Crippen molar-refractivity contribution in [2.24, 2.45) is 7.05 Å². The molecule has 0 aliphatic rings. The summed E-state index contributed by atoms with van der Waals surface area (Å²) in [6.07, 6.45) is 0. The number of benzene rings is 1. The molecule has 2 heterocycles. The van der Waals surface area contributed by atoms with Gasteiger partial charge in [0.2, 0.25) is 5.95 Å². The molecule has 0 radical (unpaired) electrons. The lowest BCUT2D eigenvalue weighted by molar-refractivity contribution is 0.415. The SMILES string of the molecule is COc1ccc2c(c1)nc(N)n2Cc1c(C)nn(C)c1C. The molecule has 0 atom stereocenters. The van der Waals surface area contributed by atoms with Gasteiger partial charge in [0.25, 0.3) is 0 Å². The van der Waals surface area contributed by atoms with Gasteiger partial charge in [-0.3, -0.25) is 4.68 Å². The monoisotopic (exact) mass is 285 g/mol. The standard InChI is InChI=1S/C15H19N5O/c1-9-12(10(2)19(3)18-9)8-20-14-6-5-11(21-4)7-13(14)17-15(20)16/h5-7H,8H2,1-4H3,(H2,16,17). The molecule has 21 heavy (non-hydrogen) atoms. The Kier molecular flexibility index (Phi) is 3.08. The Bertz CT molecular complexity index is 815. The van der Waals surface area contributed by atoms with Crippen LogP contribution in [0.2, 0.25) is 0 Å². The molecular formula is C15H19N5O. The predicted molar refractivity (Wildman–Crippen MR) is 82.5 cm³/mol. The fourth-order valence-electron chi connectivity index (χ4n) is 2.63. The second-order valence-corrected chi connectivity index (χ2v) is 5.18. The van der Waals surface area contributed by atoms with E-state index >= 15 is 0 Å². The predicted octanol–water partition coefficient (Wildman–Crippen LogP) is 2.03. The molecule has 0 unspecified atom stereocenters. The third-order valence-corrected chi connectivity index (χ3v) is 3.96. The van der Waals surface area contributed by atoms with Crippen molar-refractivity contribution < 1.29 is 4.74 Å². The second-order valence-electron chi connectivity index (χ2n) is 5.18. The van der Waals surface area contributed by atoms with Crippen molar-refractivity contribution in [3.63, 3.8) is 0 Å². The number of aromatic nitrogens is 4. The van der Waals surface area contributed by atoms with Crippen molar-refractivity contribution in [2.75, 3.05) is 12.8 Å². The fraction of sp³-hybridized carbons (Fsp3) is 0.333. The average molecular weight is 285 g/mol. The van der Waals surface area contributed by atoms with Crippen LogP contribution in [0.25, 0.3) is 11.0 Å². The zero-order valence-electron chi connectivity index (χ0n) is 12.7. The molecule has 0 saturated heterocycles. The molecule has 0 fully saturated rings. The van der Waals surface area contributed by atoms with E-state index in [0.29, 0.717) is 12.5 Å². The summed E-state index contributed by atoms with van der Waals surface area (Å²) in [7, 11) is 3.59. The molecule has 0 aliphatic carbocycles. The van der Waals surface area contributed by atoms with Crippen LogP contribution in [0.5, 0.6) is 5.75 Å². The maximum Gasteiger partial charge on any atom is 0.201 e. The molecule has 2 aromatic heterocycles. The molecule has 0 saturated carbocycles. The summed E-state index contributed by atoms with van der Waals surface area (Å²) < 4.78 is 9.13. The number of methoxy groups -OCH3 is 1. The molecule has 0 aliphatic heterocycles. The van der Waals surface area contributed by atoms with Crippen LogP contribution in [-0.2, 0) is 13.6 Å². The van der Waals surface area contributed by atoms with E-state index in [4.69, 9.17) is 10.5 Å². The lowest BCUT2D eigenvalue weighted by Crippen LogP contribution is -2.06. The van der Waals surface area contributed by atoms with E-state index in [1.54, 1.807) is 7.11 Å². The quantitative estimate of drug-likeness (QED) is 0.799. The van der Waals surface area contributed by atoms with Gasteiger partial charge in [-0.15, -0.1) is 0 Å². The number of ether oxygens (including phenoxy) is 1. The Morgan fingerprint density at radius 1 is 1.29 bits per heavy atom. The highest BCUT2D eigenvalue weighted by molar-refractivity contribution is 5.80. The minimum absolute atomic E-state index is 0.501. The first-order valence-electron chi connectivity index (χ1n) is 6.80. The molecule has 3 aromatic rings. The summed E-state index contributed by atoms with van der Waals surface area (Å²) in [6.45, 7) is 4.74. The summed E-state index contributed by atoms with van der Waals surface area (Å²) >= 11 is 0. The molecule has 6 heteroatoms. The van der Waals surface area contributed by atoms with E-state index < -0.39 is 0 Å². The van der Waals surface area contributed by atoms with Crippen LogP contribution >= 0.6 is 0 Å². The highest BCUT2D eigenvalue weighted by Gasteiger charge is 2.14. The normalized spacial score (nSPS) is 11.2. The summed E-state index contributed by atoms with van der Waals surface area (Å²) in [4.78, 5) is 4.42.